The van der Waals surface area contributed by atoms with Gasteiger partial charge in [-0.05, 0) is 18.6 Å². The van der Waals surface area contributed by atoms with E-state index in [0.717, 1.165) is 5.56 Å². The first-order valence-corrected chi connectivity index (χ1v) is 4.28. The molecular weight excluding hydrogens is 190 g/mol. The summed E-state index contributed by atoms with van der Waals surface area (Å²) in [5, 5.41) is 9.36. The minimum atomic E-state index is -0.361. The third kappa shape index (κ3) is 1.75. The summed E-state index contributed by atoms with van der Waals surface area (Å²) in [7, 11) is 0. The number of carbonyl (C=O) groups excluding carboxylic acids is 1. The largest absolute Gasteiger partial charge is 0.507 e. The van der Waals surface area contributed by atoms with Crippen LogP contribution in [-0.2, 0) is 0 Å². The zero-order valence-corrected chi connectivity index (χ0v) is 7.93. The summed E-state index contributed by atoms with van der Waals surface area (Å²) >= 11 is 5.37. The Morgan fingerprint density at radius 2 is 2.23 bits per heavy atom. The Kier molecular flexibility index (Phi) is 2.78. The predicted molar refractivity (Wildman–Crippen MR) is 52.3 cm³/mol. The standard InChI is InChI=1S/C9H10ClNO2/c1-5-2-3-6(12)8(9(5)11)7(13)4-10/h2-3,12H,4,11H2,1H3. The second-order valence-corrected chi connectivity index (χ2v) is 3.01. The molecule has 13 heavy (non-hydrogen) atoms. The average Bonchev–Trinajstić information content (AvgIpc) is 2.12. The van der Waals surface area contributed by atoms with Crippen molar-refractivity contribution in [3.63, 3.8) is 0 Å². The quantitative estimate of drug-likeness (QED) is 0.433. The lowest BCUT2D eigenvalue weighted by Gasteiger charge is -2.07. The van der Waals surface area contributed by atoms with E-state index in [1.54, 1.807) is 13.0 Å². The molecule has 0 aliphatic heterocycles. The molecule has 3 N–H and O–H groups in total. The Morgan fingerprint density at radius 3 is 2.77 bits per heavy atom. The number of hydrogen-bond donors (Lipinski definition) is 2. The van der Waals surface area contributed by atoms with E-state index in [1.807, 2.05) is 0 Å². The van der Waals surface area contributed by atoms with Gasteiger partial charge >= 0.3 is 0 Å². The van der Waals surface area contributed by atoms with E-state index in [9.17, 15) is 9.90 Å². The number of rotatable bonds is 2. The number of ketones is 1. The zero-order valence-electron chi connectivity index (χ0n) is 7.17. The summed E-state index contributed by atoms with van der Waals surface area (Å²) in [6.07, 6.45) is 0. The lowest BCUT2D eigenvalue weighted by Crippen LogP contribution is -2.06. The van der Waals surface area contributed by atoms with Crippen LogP contribution >= 0.6 is 11.6 Å². The van der Waals surface area contributed by atoms with Crippen LogP contribution in [0.4, 0.5) is 5.69 Å². The van der Waals surface area contributed by atoms with Gasteiger partial charge in [-0.15, -0.1) is 11.6 Å². The van der Waals surface area contributed by atoms with Crippen molar-refractivity contribution in [1.29, 1.82) is 0 Å². The second-order valence-electron chi connectivity index (χ2n) is 2.75. The molecule has 0 aliphatic carbocycles. The maximum atomic E-state index is 11.2. The van der Waals surface area contributed by atoms with Crippen LogP contribution in [-0.4, -0.2) is 16.8 Å². The van der Waals surface area contributed by atoms with Crippen molar-refractivity contribution in [1.82, 2.24) is 0 Å². The van der Waals surface area contributed by atoms with Crippen LogP contribution in [0.15, 0.2) is 12.1 Å². The molecule has 1 aromatic rings. The van der Waals surface area contributed by atoms with E-state index in [2.05, 4.69) is 0 Å². The zero-order chi connectivity index (χ0) is 10.0. The maximum Gasteiger partial charge on any atom is 0.183 e. The number of nitrogens with two attached hydrogens (primary N) is 1. The van der Waals surface area contributed by atoms with E-state index in [0.29, 0.717) is 5.69 Å². The average molecular weight is 200 g/mol. The number of benzene rings is 1. The summed E-state index contributed by atoms with van der Waals surface area (Å²) in [6.45, 7) is 1.76. The second kappa shape index (κ2) is 3.66. The number of Topliss-reactive ketones (excluding diaryl/α,β-unsaturated/α-hetero) is 1. The number of hydrogen-bond acceptors (Lipinski definition) is 3. The van der Waals surface area contributed by atoms with Gasteiger partial charge in [0.05, 0.1) is 11.4 Å². The normalized spacial score (nSPS) is 10.0. The van der Waals surface area contributed by atoms with Gasteiger partial charge in [-0.25, -0.2) is 0 Å². The highest BCUT2D eigenvalue weighted by Gasteiger charge is 2.14. The molecule has 0 aromatic heterocycles. The first-order valence-electron chi connectivity index (χ1n) is 3.75. The molecule has 0 amide bonds. The lowest BCUT2D eigenvalue weighted by atomic mass is 10.0. The SMILES string of the molecule is Cc1ccc(O)c(C(=O)CCl)c1N. The molecule has 3 nitrogen and oxygen atoms in total. The Bertz CT molecular complexity index is 350. The fraction of sp³-hybridized carbons (Fsp3) is 0.222. The van der Waals surface area contributed by atoms with Gasteiger partial charge in [0.1, 0.15) is 5.75 Å². The maximum absolute atomic E-state index is 11.2. The molecular formula is C9H10ClNO2. The third-order valence-corrected chi connectivity index (χ3v) is 2.08. The molecule has 4 heteroatoms. The first-order chi connectivity index (χ1) is 6.07. The Hall–Kier alpha value is -1.22. The summed E-state index contributed by atoms with van der Waals surface area (Å²) in [4.78, 5) is 11.2. The lowest BCUT2D eigenvalue weighted by molar-refractivity contribution is 0.101. The summed E-state index contributed by atoms with van der Waals surface area (Å²) in [5.74, 6) is -0.657. The number of aryl methyl sites for hydroxylation is 1. The summed E-state index contributed by atoms with van der Waals surface area (Å²) < 4.78 is 0. The van der Waals surface area contributed by atoms with Gasteiger partial charge in [-0.2, -0.15) is 0 Å². The fourth-order valence-electron chi connectivity index (χ4n) is 1.07. The van der Waals surface area contributed by atoms with Crippen LogP contribution < -0.4 is 5.73 Å². The van der Waals surface area contributed by atoms with Crippen molar-refractivity contribution in [2.75, 3.05) is 11.6 Å². The van der Waals surface area contributed by atoms with Crippen molar-refractivity contribution in [3.8, 4) is 5.75 Å². The molecule has 0 saturated carbocycles. The molecule has 70 valence electrons. The Labute approximate surface area is 81.1 Å². The summed E-state index contributed by atoms with van der Waals surface area (Å²) in [6, 6.07) is 3.08. The molecule has 0 bridgehead atoms. The highest BCUT2D eigenvalue weighted by atomic mass is 35.5. The Morgan fingerprint density at radius 1 is 1.62 bits per heavy atom. The molecule has 0 unspecified atom stereocenters. The molecule has 0 heterocycles. The first kappa shape index (κ1) is 9.86. The topological polar surface area (TPSA) is 63.3 Å². The minimum Gasteiger partial charge on any atom is -0.507 e. The van der Waals surface area contributed by atoms with E-state index in [4.69, 9.17) is 17.3 Å². The molecule has 1 aromatic carbocycles. The van der Waals surface area contributed by atoms with Crippen LogP contribution in [0.25, 0.3) is 0 Å². The van der Waals surface area contributed by atoms with Crippen LogP contribution in [0.2, 0.25) is 0 Å². The van der Waals surface area contributed by atoms with Crippen molar-refractivity contribution < 1.29 is 9.90 Å². The number of alkyl halides is 1. The van der Waals surface area contributed by atoms with Crippen molar-refractivity contribution >= 4 is 23.1 Å². The molecule has 0 atom stereocenters. The van der Waals surface area contributed by atoms with Crippen LogP contribution in [0.1, 0.15) is 15.9 Å². The van der Waals surface area contributed by atoms with Crippen LogP contribution in [0.5, 0.6) is 5.75 Å². The number of aromatic hydroxyl groups is 1. The van der Waals surface area contributed by atoms with Gasteiger partial charge in [-0.1, -0.05) is 6.07 Å². The van der Waals surface area contributed by atoms with Crippen LogP contribution in [0.3, 0.4) is 0 Å². The van der Waals surface area contributed by atoms with E-state index in [1.165, 1.54) is 6.07 Å². The van der Waals surface area contributed by atoms with Gasteiger partial charge in [0, 0.05) is 5.69 Å². The smallest absolute Gasteiger partial charge is 0.183 e. The number of phenolic OH excluding ortho intramolecular Hbond substituents is 1. The number of halogens is 1. The third-order valence-electron chi connectivity index (χ3n) is 1.84. The highest BCUT2D eigenvalue weighted by molar-refractivity contribution is 6.31. The van der Waals surface area contributed by atoms with Crippen molar-refractivity contribution in [2.45, 2.75) is 6.92 Å². The fourth-order valence-corrected chi connectivity index (χ4v) is 1.21. The Balaban J connectivity index is 3.33. The number of anilines is 1. The van der Waals surface area contributed by atoms with E-state index < -0.39 is 0 Å². The van der Waals surface area contributed by atoms with Gasteiger partial charge in [0.2, 0.25) is 0 Å². The minimum absolute atomic E-state index is 0.117. The number of phenols is 1. The van der Waals surface area contributed by atoms with E-state index >= 15 is 0 Å². The number of carbonyl (C=O) groups is 1. The van der Waals surface area contributed by atoms with Gasteiger partial charge in [0.15, 0.2) is 5.78 Å². The van der Waals surface area contributed by atoms with Gasteiger partial charge in [0.25, 0.3) is 0 Å². The molecule has 0 saturated heterocycles. The predicted octanol–water partition coefficient (Wildman–Crippen LogP) is 1.70. The van der Waals surface area contributed by atoms with Crippen molar-refractivity contribution in [3.05, 3.63) is 23.3 Å². The molecule has 1 rings (SSSR count). The van der Waals surface area contributed by atoms with Crippen LogP contribution in [0, 0.1) is 6.92 Å². The molecule has 0 aliphatic rings. The molecule has 0 fully saturated rings. The molecule has 0 spiro atoms. The number of nitrogen functional groups attached to an aromatic ring is 1. The van der Waals surface area contributed by atoms with E-state index in [-0.39, 0.29) is 23.0 Å². The summed E-state index contributed by atoms with van der Waals surface area (Å²) in [5.41, 5.74) is 6.79. The monoisotopic (exact) mass is 199 g/mol. The highest BCUT2D eigenvalue weighted by Crippen LogP contribution is 2.26. The molecule has 0 radical (unpaired) electrons. The van der Waals surface area contributed by atoms with Gasteiger partial charge < -0.3 is 10.8 Å². The van der Waals surface area contributed by atoms with Gasteiger partial charge in [-0.3, -0.25) is 4.79 Å². The van der Waals surface area contributed by atoms with Crippen molar-refractivity contribution in [2.24, 2.45) is 0 Å².